The highest BCUT2D eigenvalue weighted by Gasteiger charge is 2.36. The molecule has 4 heteroatoms. The highest BCUT2D eigenvalue weighted by Crippen LogP contribution is 2.35. The van der Waals surface area contributed by atoms with E-state index in [-0.39, 0.29) is 12.1 Å². The Hall–Kier alpha value is -0.870. The number of hydrogen-bond donors (Lipinski definition) is 1. The smallest absolute Gasteiger partial charge is 0.110 e. The van der Waals surface area contributed by atoms with Crippen molar-refractivity contribution in [3.05, 3.63) is 18.2 Å². The number of nitrogens with two attached hydrogens (primary N) is 1. The largest absolute Gasteiger partial charge is 0.377 e. The molecule has 0 aliphatic heterocycles. The third-order valence-electron chi connectivity index (χ3n) is 3.21. The van der Waals surface area contributed by atoms with Crippen LogP contribution >= 0.6 is 0 Å². The maximum Gasteiger partial charge on any atom is 0.110 e. The van der Waals surface area contributed by atoms with Crippen molar-refractivity contribution < 1.29 is 4.74 Å². The minimum Gasteiger partial charge on any atom is -0.377 e. The van der Waals surface area contributed by atoms with Crippen molar-refractivity contribution in [3.63, 3.8) is 0 Å². The Labute approximate surface area is 96.8 Å². The van der Waals surface area contributed by atoms with Crippen LogP contribution in [0.5, 0.6) is 0 Å². The molecule has 2 atom stereocenters. The fourth-order valence-corrected chi connectivity index (χ4v) is 2.15. The molecule has 0 spiro atoms. The summed E-state index contributed by atoms with van der Waals surface area (Å²) in [5.74, 6) is 1.72. The molecule has 2 N–H and O–H groups in total. The van der Waals surface area contributed by atoms with Crippen LogP contribution in [0.15, 0.2) is 12.4 Å². The summed E-state index contributed by atoms with van der Waals surface area (Å²) in [7, 11) is 2.00. The van der Waals surface area contributed by atoms with E-state index in [1.165, 1.54) is 12.8 Å². The lowest BCUT2D eigenvalue weighted by atomic mass is 10.0. The van der Waals surface area contributed by atoms with Crippen LogP contribution in [0.2, 0.25) is 0 Å². The van der Waals surface area contributed by atoms with Gasteiger partial charge >= 0.3 is 0 Å². The van der Waals surface area contributed by atoms with Crippen LogP contribution in [-0.4, -0.2) is 28.3 Å². The summed E-state index contributed by atoms with van der Waals surface area (Å²) in [5.41, 5.74) is 6.23. The van der Waals surface area contributed by atoms with Crippen LogP contribution in [0.4, 0.5) is 0 Å². The molecular formula is C12H21N3O. The number of hydrogen-bond acceptors (Lipinski definition) is 3. The molecule has 1 fully saturated rings. The second-order valence-corrected chi connectivity index (χ2v) is 4.58. The molecule has 1 aromatic heterocycles. The second-order valence-electron chi connectivity index (χ2n) is 4.58. The van der Waals surface area contributed by atoms with Gasteiger partial charge in [-0.2, -0.15) is 0 Å². The van der Waals surface area contributed by atoms with Crippen molar-refractivity contribution in [1.82, 2.24) is 9.55 Å². The lowest BCUT2D eigenvalue weighted by Gasteiger charge is -2.23. The van der Waals surface area contributed by atoms with Gasteiger partial charge < -0.3 is 15.0 Å². The zero-order chi connectivity index (χ0) is 11.5. The van der Waals surface area contributed by atoms with Gasteiger partial charge in [0, 0.05) is 38.5 Å². The Morgan fingerprint density at radius 1 is 1.62 bits per heavy atom. The van der Waals surface area contributed by atoms with Crippen LogP contribution in [0.25, 0.3) is 0 Å². The van der Waals surface area contributed by atoms with Crippen molar-refractivity contribution in [2.24, 2.45) is 18.7 Å². The van der Waals surface area contributed by atoms with E-state index in [4.69, 9.17) is 10.5 Å². The summed E-state index contributed by atoms with van der Waals surface area (Å²) >= 11 is 0. The molecule has 1 aromatic rings. The molecule has 0 radical (unpaired) electrons. The number of ether oxygens (including phenoxy) is 1. The number of aryl methyl sites for hydroxylation is 1. The first-order chi connectivity index (χ1) is 7.72. The molecule has 4 nitrogen and oxygen atoms in total. The monoisotopic (exact) mass is 223 g/mol. The van der Waals surface area contributed by atoms with E-state index in [0.29, 0.717) is 5.92 Å². The molecule has 1 aliphatic carbocycles. The van der Waals surface area contributed by atoms with Crippen molar-refractivity contribution in [2.45, 2.75) is 38.3 Å². The van der Waals surface area contributed by atoms with E-state index in [1.54, 1.807) is 0 Å². The minimum absolute atomic E-state index is 0.0635. The summed E-state index contributed by atoms with van der Waals surface area (Å²) in [5, 5.41) is 0. The predicted octanol–water partition coefficient (Wildman–Crippen LogP) is 1.10. The second kappa shape index (κ2) is 4.97. The highest BCUT2D eigenvalue weighted by molar-refractivity contribution is 4.98. The van der Waals surface area contributed by atoms with Gasteiger partial charge in [0.1, 0.15) is 5.82 Å². The molecule has 16 heavy (non-hydrogen) atoms. The molecule has 0 aromatic carbocycles. The standard InChI is InChI=1S/C12H21N3O/c1-3-16-12(9-4-5-9)10(13)8-11-14-6-7-15(11)2/h6-7,9-10,12H,3-5,8,13H2,1-2H3. The average molecular weight is 223 g/mol. The van der Waals surface area contributed by atoms with E-state index in [1.807, 2.05) is 30.9 Å². The van der Waals surface area contributed by atoms with E-state index in [2.05, 4.69) is 4.98 Å². The number of imidazole rings is 1. The van der Waals surface area contributed by atoms with Crippen molar-refractivity contribution in [3.8, 4) is 0 Å². The average Bonchev–Trinajstić information content (AvgIpc) is 3.01. The van der Waals surface area contributed by atoms with Crippen LogP contribution in [0.1, 0.15) is 25.6 Å². The minimum atomic E-state index is 0.0635. The fourth-order valence-electron chi connectivity index (χ4n) is 2.15. The molecule has 1 heterocycles. The molecule has 90 valence electrons. The van der Waals surface area contributed by atoms with Gasteiger partial charge in [-0.1, -0.05) is 0 Å². The van der Waals surface area contributed by atoms with Gasteiger partial charge in [0.05, 0.1) is 6.10 Å². The first kappa shape index (κ1) is 11.6. The Balaban J connectivity index is 1.94. The van der Waals surface area contributed by atoms with Gasteiger partial charge in [-0.15, -0.1) is 0 Å². The maximum atomic E-state index is 6.23. The zero-order valence-electron chi connectivity index (χ0n) is 10.1. The quantitative estimate of drug-likeness (QED) is 0.786. The van der Waals surface area contributed by atoms with Crippen molar-refractivity contribution >= 4 is 0 Å². The number of rotatable bonds is 6. The molecule has 0 amide bonds. The topological polar surface area (TPSA) is 53.1 Å². The molecule has 1 saturated carbocycles. The Morgan fingerprint density at radius 3 is 2.88 bits per heavy atom. The van der Waals surface area contributed by atoms with Gasteiger partial charge in [-0.05, 0) is 25.7 Å². The molecular weight excluding hydrogens is 202 g/mol. The zero-order valence-corrected chi connectivity index (χ0v) is 10.1. The van der Waals surface area contributed by atoms with Crippen molar-refractivity contribution in [2.75, 3.05) is 6.61 Å². The highest BCUT2D eigenvalue weighted by atomic mass is 16.5. The lowest BCUT2D eigenvalue weighted by Crippen LogP contribution is -2.40. The summed E-state index contributed by atoms with van der Waals surface area (Å²) in [4.78, 5) is 4.31. The van der Waals surface area contributed by atoms with Crippen LogP contribution in [-0.2, 0) is 18.2 Å². The van der Waals surface area contributed by atoms with Crippen LogP contribution in [0.3, 0.4) is 0 Å². The Kier molecular flexibility index (Phi) is 3.61. The van der Waals surface area contributed by atoms with Gasteiger partial charge in [-0.25, -0.2) is 4.98 Å². The third-order valence-corrected chi connectivity index (χ3v) is 3.21. The fraction of sp³-hybridized carbons (Fsp3) is 0.750. The molecule has 0 saturated heterocycles. The van der Waals surface area contributed by atoms with Gasteiger partial charge in [0.25, 0.3) is 0 Å². The normalized spacial score (nSPS) is 19.7. The molecule has 1 aliphatic rings. The Morgan fingerprint density at radius 2 is 2.38 bits per heavy atom. The van der Waals surface area contributed by atoms with E-state index in [9.17, 15) is 0 Å². The SMILES string of the molecule is CCOC(C(N)Cc1nccn1C)C1CC1. The molecule has 0 bridgehead atoms. The summed E-state index contributed by atoms with van der Waals surface area (Å²) in [6.45, 7) is 2.78. The first-order valence-electron chi connectivity index (χ1n) is 6.05. The third kappa shape index (κ3) is 2.62. The first-order valence-corrected chi connectivity index (χ1v) is 6.05. The maximum absolute atomic E-state index is 6.23. The van der Waals surface area contributed by atoms with Gasteiger partial charge in [0.2, 0.25) is 0 Å². The predicted molar refractivity (Wildman–Crippen MR) is 63.0 cm³/mol. The van der Waals surface area contributed by atoms with E-state index < -0.39 is 0 Å². The van der Waals surface area contributed by atoms with E-state index in [0.717, 1.165) is 18.9 Å². The van der Waals surface area contributed by atoms with Gasteiger partial charge in [0.15, 0.2) is 0 Å². The van der Waals surface area contributed by atoms with Crippen molar-refractivity contribution in [1.29, 1.82) is 0 Å². The van der Waals surface area contributed by atoms with Crippen LogP contribution in [0, 0.1) is 5.92 Å². The summed E-state index contributed by atoms with van der Waals surface area (Å²) in [6, 6.07) is 0.0635. The molecule has 2 unspecified atom stereocenters. The lowest BCUT2D eigenvalue weighted by molar-refractivity contribution is 0.0282. The molecule has 2 rings (SSSR count). The van der Waals surface area contributed by atoms with Crippen LogP contribution < -0.4 is 5.73 Å². The van der Waals surface area contributed by atoms with E-state index >= 15 is 0 Å². The van der Waals surface area contributed by atoms with Gasteiger partial charge in [-0.3, -0.25) is 0 Å². The summed E-state index contributed by atoms with van der Waals surface area (Å²) in [6.07, 6.45) is 7.30. The Bertz CT molecular complexity index is 333. The number of aromatic nitrogens is 2. The summed E-state index contributed by atoms with van der Waals surface area (Å²) < 4.78 is 7.78. The number of nitrogens with zero attached hydrogens (tertiary/aromatic N) is 2.